The Bertz CT molecular complexity index is 845. The van der Waals surface area contributed by atoms with Crippen molar-refractivity contribution in [3.8, 4) is 0 Å². The molecule has 0 aliphatic carbocycles. The van der Waals surface area contributed by atoms with E-state index in [2.05, 4.69) is 0 Å². The van der Waals surface area contributed by atoms with E-state index in [1.807, 2.05) is 17.5 Å². The molecular weight excluding hydrogens is 384 g/mol. The second-order valence-corrected chi connectivity index (χ2v) is 10.0. The highest BCUT2D eigenvalue weighted by Crippen LogP contribution is 2.33. The van der Waals surface area contributed by atoms with Gasteiger partial charge in [-0.3, -0.25) is 19.3 Å². The average molecular weight is 401 g/mol. The van der Waals surface area contributed by atoms with Crippen LogP contribution in [0.2, 0.25) is 0 Å². The van der Waals surface area contributed by atoms with Gasteiger partial charge in [-0.25, -0.2) is 8.42 Å². The van der Waals surface area contributed by atoms with Gasteiger partial charge in [-0.15, -0.1) is 11.3 Å². The van der Waals surface area contributed by atoms with Crippen molar-refractivity contribution >= 4 is 56.1 Å². The van der Waals surface area contributed by atoms with Crippen molar-refractivity contribution in [1.82, 2.24) is 9.80 Å². The zero-order valence-corrected chi connectivity index (χ0v) is 15.8. The van der Waals surface area contributed by atoms with Crippen molar-refractivity contribution in [2.24, 2.45) is 0 Å². The standard InChI is InChI=1S/C15H16N2O5S3/c1-16(10-4-6-25(21,22)9-10)13(18)8-17-14(19)12(24-15(17)20)7-11-3-2-5-23-11/h2-3,5,7,10H,4,6,8-9H2,1H3/b12-7-/t10-/m0/s1. The number of nitrogens with zero attached hydrogens (tertiary/aromatic N) is 2. The summed E-state index contributed by atoms with van der Waals surface area (Å²) in [5, 5.41) is 1.37. The molecule has 0 bridgehead atoms. The molecule has 3 amide bonds. The fraction of sp³-hybridized carbons (Fsp3) is 0.400. The van der Waals surface area contributed by atoms with E-state index in [1.54, 1.807) is 6.08 Å². The van der Waals surface area contributed by atoms with Crippen molar-refractivity contribution in [3.63, 3.8) is 0 Å². The Morgan fingerprint density at radius 3 is 2.80 bits per heavy atom. The Morgan fingerprint density at radius 1 is 1.44 bits per heavy atom. The second kappa shape index (κ2) is 6.93. The third-order valence-corrected chi connectivity index (χ3v) is 7.61. The lowest BCUT2D eigenvalue weighted by atomic mass is 10.2. The maximum atomic E-state index is 12.4. The van der Waals surface area contributed by atoms with E-state index in [-0.39, 0.29) is 23.0 Å². The molecule has 1 atom stereocenters. The molecular formula is C15H16N2O5S3. The first-order valence-corrected chi connectivity index (χ1v) is 11.0. The number of hydrogen-bond acceptors (Lipinski definition) is 7. The minimum atomic E-state index is -3.11. The molecule has 134 valence electrons. The van der Waals surface area contributed by atoms with Crippen LogP contribution in [0.15, 0.2) is 22.4 Å². The summed E-state index contributed by atoms with van der Waals surface area (Å²) in [4.78, 5) is 40.2. The van der Waals surface area contributed by atoms with Crippen LogP contribution in [-0.4, -0.2) is 66.4 Å². The van der Waals surface area contributed by atoms with Gasteiger partial charge in [0.1, 0.15) is 6.54 Å². The zero-order chi connectivity index (χ0) is 18.2. The van der Waals surface area contributed by atoms with E-state index in [9.17, 15) is 22.8 Å². The minimum Gasteiger partial charge on any atom is -0.340 e. The fourth-order valence-corrected chi connectivity index (χ4v) is 6.01. The topological polar surface area (TPSA) is 91.8 Å². The molecule has 1 aromatic heterocycles. The van der Waals surface area contributed by atoms with E-state index in [0.29, 0.717) is 6.42 Å². The Hall–Kier alpha value is -1.65. The first kappa shape index (κ1) is 18.2. The molecule has 2 aliphatic rings. The summed E-state index contributed by atoms with van der Waals surface area (Å²) in [6.45, 7) is -0.376. The molecule has 2 saturated heterocycles. The highest BCUT2D eigenvalue weighted by atomic mass is 32.2. The lowest BCUT2D eigenvalue weighted by molar-refractivity contribution is -0.136. The number of imide groups is 1. The monoisotopic (exact) mass is 400 g/mol. The summed E-state index contributed by atoms with van der Waals surface area (Å²) in [5.41, 5.74) is 0. The molecule has 0 aromatic carbocycles. The minimum absolute atomic E-state index is 0.0560. The molecule has 0 N–H and O–H groups in total. The van der Waals surface area contributed by atoms with Gasteiger partial charge in [0, 0.05) is 18.0 Å². The maximum Gasteiger partial charge on any atom is 0.294 e. The number of thiophene rings is 1. The first-order valence-electron chi connectivity index (χ1n) is 7.52. The van der Waals surface area contributed by atoms with Gasteiger partial charge in [-0.2, -0.15) is 0 Å². The van der Waals surface area contributed by atoms with Crippen LogP contribution >= 0.6 is 23.1 Å². The lowest BCUT2D eigenvalue weighted by Crippen LogP contribution is -2.45. The van der Waals surface area contributed by atoms with Gasteiger partial charge in [0.05, 0.1) is 16.4 Å². The molecule has 0 unspecified atom stereocenters. The molecule has 0 saturated carbocycles. The van der Waals surface area contributed by atoms with Gasteiger partial charge in [0.2, 0.25) is 5.91 Å². The molecule has 2 fully saturated rings. The van der Waals surface area contributed by atoms with Crippen molar-refractivity contribution in [2.75, 3.05) is 25.1 Å². The van der Waals surface area contributed by atoms with Crippen LogP contribution in [0.25, 0.3) is 6.08 Å². The molecule has 7 nitrogen and oxygen atoms in total. The van der Waals surface area contributed by atoms with E-state index in [0.717, 1.165) is 21.5 Å². The Kier molecular flexibility index (Phi) is 5.03. The van der Waals surface area contributed by atoms with Crippen LogP contribution in [0.4, 0.5) is 4.79 Å². The predicted octanol–water partition coefficient (Wildman–Crippen LogP) is 1.43. The Labute approximate surface area is 153 Å². The molecule has 0 radical (unpaired) electrons. The number of carbonyl (C=O) groups is 3. The molecule has 0 spiro atoms. The van der Waals surface area contributed by atoms with Crippen LogP contribution in [0.3, 0.4) is 0 Å². The van der Waals surface area contributed by atoms with Crippen molar-refractivity contribution in [1.29, 1.82) is 0 Å². The van der Waals surface area contributed by atoms with Crippen molar-refractivity contribution in [3.05, 3.63) is 27.3 Å². The summed E-state index contributed by atoms with van der Waals surface area (Å²) in [7, 11) is -1.61. The molecule has 25 heavy (non-hydrogen) atoms. The number of likely N-dealkylation sites (N-methyl/N-ethyl adjacent to an activating group) is 1. The van der Waals surface area contributed by atoms with Crippen LogP contribution in [0.5, 0.6) is 0 Å². The fourth-order valence-electron chi connectivity index (χ4n) is 2.67. The van der Waals surface area contributed by atoms with Gasteiger partial charge in [-0.1, -0.05) is 6.07 Å². The quantitative estimate of drug-likeness (QED) is 0.710. The normalized spacial score (nSPS) is 24.3. The van der Waals surface area contributed by atoms with Gasteiger partial charge in [-0.05, 0) is 35.7 Å². The first-order chi connectivity index (χ1) is 11.8. The highest BCUT2D eigenvalue weighted by molar-refractivity contribution is 8.18. The number of hydrogen-bond donors (Lipinski definition) is 0. The van der Waals surface area contributed by atoms with Crippen LogP contribution in [0, 0.1) is 0 Å². The van der Waals surface area contributed by atoms with Gasteiger partial charge >= 0.3 is 0 Å². The summed E-state index contributed by atoms with van der Waals surface area (Å²) in [6.07, 6.45) is 2.01. The SMILES string of the molecule is CN(C(=O)CN1C(=O)S/C(=C\c2cccs2)C1=O)[C@H]1CCS(=O)(=O)C1. The number of thioether (sulfide) groups is 1. The lowest BCUT2D eigenvalue weighted by Gasteiger charge is -2.25. The Morgan fingerprint density at radius 2 is 2.20 bits per heavy atom. The molecule has 3 heterocycles. The third-order valence-electron chi connectivity index (χ3n) is 4.13. The summed E-state index contributed by atoms with van der Waals surface area (Å²) >= 11 is 2.25. The highest BCUT2D eigenvalue weighted by Gasteiger charge is 2.39. The van der Waals surface area contributed by atoms with E-state index < -0.39 is 32.9 Å². The summed E-state index contributed by atoms with van der Waals surface area (Å²) < 4.78 is 23.1. The smallest absolute Gasteiger partial charge is 0.294 e. The predicted molar refractivity (Wildman–Crippen MR) is 96.8 cm³/mol. The van der Waals surface area contributed by atoms with E-state index in [4.69, 9.17) is 0 Å². The third kappa shape index (κ3) is 3.96. The van der Waals surface area contributed by atoms with Crippen molar-refractivity contribution in [2.45, 2.75) is 12.5 Å². The van der Waals surface area contributed by atoms with Crippen LogP contribution in [-0.2, 0) is 19.4 Å². The summed E-state index contributed by atoms with van der Waals surface area (Å²) in [5.74, 6) is -0.957. The number of rotatable bonds is 4. The average Bonchev–Trinajstić information content (AvgIpc) is 3.24. The second-order valence-electron chi connectivity index (χ2n) is 5.84. The van der Waals surface area contributed by atoms with Crippen LogP contribution in [0.1, 0.15) is 11.3 Å². The van der Waals surface area contributed by atoms with Gasteiger partial charge < -0.3 is 4.90 Å². The molecule has 1 aromatic rings. The molecule has 10 heteroatoms. The number of amides is 3. The van der Waals surface area contributed by atoms with E-state index in [1.165, 1.54) is 23.3 Å². The van der Waals surface area contributed by atoms with Gasteiger partial charge in [0.25, 0.3) is 11.1 Å². The Balaban J connectivity index is 1.67. The maximum absolute atomic E-state index is 12.4. The van der Waals surface area contributed by atoms with Gasteiger partial charge in [0.15, 0.2) is 9.84 Å². The number of sulfone groups is 1. The van der Waals surface area contributed by atoms with E-state index >= 15 is 0 Å². The molecule has 3 rings (SSSR count). The van der Waals surface area contributed by atoms with Crippen molar-refractivity contribution < 1.29 is 22.8 Å². The summed E-state index contributed by atoms with van der Waals surface area (Å²) in [6, 6.07) is 3.27. The number of carbonyl (C=O) groups excluding carboxylic acids is 3. The molecule has 2 aliphatic heterocycles. The van der Waals surface area contributed by atoms with Crippen LogP contribution < -0.4 is 0 Å². The zero-order valence-electron chi connectivity index (χ0n) is 13.4. The largest absolute Gasteiger partial charge is 0.340 e.